The first-order valence-electron chi connectivity index (χ1n) is 11.3. The fourth-order valence-corrected chi connectivity index (χ4v) is 5.12. The van der Waals surface area contributed by atoms with Gasteiger partial charge in [-0.3, -0.25) is 9.59 Å². The summed E-state index contributed by atoms with van der Waals surface area (Å²) < 4.78 is 13.6. The van der Waals surface area contributed by atoms with E-state index in [1.807, 2.05) is 49.4 Å². The van der Waals surface area contributed by atoms with Crippen LogP contribution in [0.25, 0.3) is 0 Å². The lowest BCUT2D eigenvalue weighted by atomic mass is 9.98. The summed E-state index contributed by atoms with van der Waals surface area (Å²) in [6.07, 6.45) is 0.594. The van der Waals surface area contributed by atoms with Gasteiger partial charge in [0.2, 0.25) is 5.91 Å². The van der Waals surface area contributed by atoms with Gasteiger partial charge in [0.05, 0.1) is 11.8 Å². The number of hydrogen-bond donors (Lipinski definition) is 1. The number of nitrogens with zero attached hydrogens (tertiary/aromatic N) is 3. The number of halogens is 1. The van der Waals surface area contributed by atoms with Crippen LogP contribution in [0.15, 0.2) is 89.0 Å². The van der Waals surface area contributed by atoms with Crippen LogP contribution in [0.5, 0.6) is 0 Å². The summed E-state index contributed by atoms with van der Waals surface area (Å²) in [4.78, 5) is 29.5. The molecule has 3 aromatic rings. The summed E-state index contributed by atoms with van der Waals surface area (Å²) in [6.45, 7) is 2.03. The second-order valence-electron chi connectivity index (χ2n) is 8.49. The van der Waals surface area contributed by atoms with Crippen molar-refractivity contribution in [2.24, 2.45) is 10.1 Å². The standard InChI is InChI=1S/C27H23FN4O2S/c1-17-7-9-18(10-8-17)22-15-23(19-11-13-20(28)14-12-19)32(31-22)27-30-26(34)24(35-27)16-25(33)29-21-5-3-2-4-6-21/h2-14,23-24H,15-16H2,1H3,(H,29,33). The SMILES string of the molecule is Cc1ccc(C2=NN(C3=NC(=O)C(CC(=O)Nc4ccccc4)S3)C(c3ccc(F)cc3)C2)cc1. The molecule has 5 rings (SSSR count). The highest BCUT2D eigenvalue weighted by Gasteiger charge is 2.39. The van der Waals surface area contributed by atoms with Gasteiger partial charge in [-0.25, -0.2) is 9.40 Å². The molecule has 2 heterocycles. The Morgan fingerprint density at radius 1 is 1.06 bits per heavy atom. The van der Waals surface area contributed by atoms with Crippen LogP contribution in [0.2, 0.25) is 0 Å². The second-order valence-corrected chi connectivity index (χ2v) is 9.66. The summed E-state index contributed by atoms with van der Waals surface area (Å²) in [5.41, 5.74) is 4.55. The predicted molar refractivity (Wildman–Crippen MR) is 137 cm³/mol. The first kappa shape index (κ1) is 23.0. The molecule has 2 atom stereocenters. The van der Waals surface area contributed by atoms with Crippen LogP contribution in [-0.4, -0.2) is 33.0 Å². The number of nitrogens with one attached hydrogen (secondary N) is 1. The first-order chi connectivity index (χ1) is 17.0. The average Bonchev–Trinajstić information content (AvgIpc) is 3.45. The van der Waals surface area contributed by atoms with E-state index in [1.165, 1.54) is 23.9 Å². The largest absolute Gasteiger partial charge is 0.326 e. The minimum Gasteiger partial charge on any atom is -0.326 e. The van der Waals surface area contributed by atoms with Crippen LogP contribution >= 0.6 is 11.8 Å². The number of carbonyl (C=O) groups is 2. The number of aliphatic imine (C=N–C) groups is 1. The summed E-state index contributed by atoms with van der Waals surface area (Å²) in [5.74, 6) is -0.922. The van der Waals surface area contributed by atoms with Crippen molar-refractivity contribution in [1.82, 2.24) is 5.01 Å². The molecule has 0 spiro atoms. The minimum atomic E-state index is -0.624. The van der Waals surface area contributed by atoms with Crippen molar-refractivity contribution in [3.63, 3.8) is 0 Å². The molecule has 0 bridgehead atoms. The fraction of sp³-hybridized carbons (Fsp3) is 0.185. The van der Waals surface area contributed by atoms with Gasteiger partial charge in [0.15, 0.2) is 5.17 Å². The number of anilines is 1. The number of para-hydroxylation sites is 1. The minimum absolute atomic E-state index is 0.00891. The lowest BCUT2D eigenvalue weighted by Gasteiger charge is -2.23. The zero-order valence-corrected chi connectivity index (χ0v) is 19.8. The normalized spacial score (nSPS) is 19.5. The molecule has 3 aromatic carbocycles. The van der Waals surface area contributed by atoms with E-state index in [1.54, 1.807) is 29.3 Å². The lowest BCUT2D eigenvalue weighted by Crippen LogP contribution is -2.25. The van der Waals surface area contributed by atoms with E-state index < -0.39 is 5.25 Å². The number of carbonyl (C=O) groups excluding carboxylic acids is 2. The molecule has 6 nitrogen and oxygen atoms in total. The molecule has 0 saturated carbocycles. The molecule has 2 amide bonds. The highest BCUT2D eigenvalue weighted by atomic mass is 32.2. The quantitative estimate of drug-likeness (QED) is 0.530. The number of aryl methyl sites for hydroxylation is 1. The van der Waals surface area contributed by atoms with Crippen LogP contribution in [-0.2, 0) is 9.59 Å². The second kappa shape index (κ2) is 9.84. The number of thioether (sulfide) groups is 1. The van der Waals surface area contributed by atoms with E-state index in [9.17, 15) is 14.0 Å². The Labute approximate surface area is 207 Å². The maximum absolute atomic E-state index is 13.6. The topological polar surface area (TPSA) is 74.1 Å². The van der Waals surface area contributed by atoms with Gasteiger partial charge in [0.25, 0.3) is 5.91 Å². The van der Waals surface area contributed by atoms with Gasteiger partial charge in [-0.05, 0) is 42.3 Å². The van der Waals surface area contributed by atoms with E-state index in [0.29, 0.717) is 17.3 Å². The van der Waals surface area contributed by atoms with E-state index in [-0.39, 0.29) is 30.1 Å². The average molecular weight is 487 g/mol. The molecule has 1 N–H and O–H groups in total. The number of hydrogen-bond acceptors (Lipinski definition) is 5. The smallest absolute Gasteiger partial charge is 0.262 e. The van der Waals surface area contributed by atoms with Gasteiger partial charge in [-0.2, -0.15) is 10.1 Å². The molecular weight excluding hydrogens is 463 g/mol. The number of amides is 2. The molecule has 0 radical (unpaired) electrons. The van der Waals surface area contributed by atoms with E-state index in [0.717, 1.165) is 22.4 Å². The van der Waals surface area contributed by atoms with Crippen molar-refractivity contribution in [3.8, 4) is 0 Å². The van der Waals surface area contributed by atoms with Crippen LogP contribution in [0.3, 0.4) is 0 Å². The Bertz CT molecular complexity index is 1310. The van der Waals surface area contributed by atoms with Gasteiger partial charge in [0.1, 0.15) is 11.1 Å². The van der Waals surface area contributed by atoms with Gasteiger partial charge in [-0.1, -0.05) is 71.9 Å². The molecule has 8 heteroatoms. The molecule has 35 heavy (non-hydrogen) atoms. The Balaban J connectivity index is 1.36. The van der Waals surface area contributed by atoms with E-state index in [4.69, 9.17) is 5.10 Å². The number of benzene rings is 3. The van der Waals surface area contributed by atoms with Crippen LogP contribution in [0, 0.1) is 12.7 Å². The Kier molecular flexibility index (Phi) is 6.46. The number of amidine groups is 1. The highest BCUT2D eigenvalue weighted by Crippen LogP contribution is 2.38. The monoisotopic (exact) mass is 486 g/mol. The third kappa shape index (κ3) is 5.17. The summed E-state index contributed by atoms with van der Waals surface area (Å²) in [5, 5.41) is 9.19. The molecule has 0 aromatic heterocycles. The van der Waals surface area contributed by atoms with Crippen LogP contribution < -0.4 is 5.32 Å². The van der Waals surface area contributed by atoms with Crippen molar-refractivity contribution in [1.29, 1.82) is 0 Å². The van der Waals surface area contributed by atoms with Crippen molar-refractivity contribution in [2.75, 3.05) is 5.32 Å². The van der Waals surface area contributed by atoms with E-state index in [2.05, 4.69) is 10.3 Å². The molecule has 0 aliphatic carbocycles. The molecule has 0 fully saturated rings. The van der Waals surface area contributed by atoms with Gasteiger partial charge in [0, 0.05) is 18.5 Å². The Morgan fingerprint density at radius 2 is 1.77 bits per heavy atom. The fourth-order valence-electron chi connectivity index (χ4n) is 4.06. The van der Waals surface area contributed by atoms with Gasteiger partial charge in [-0.15, -0.1) is 0 Å². The van der Waals surface area contributed by atoms with Crippen molar-refractivity contribution < 1.29 is 14.0 Å². The Hall–Kier alpha value is -3.78. The number of hydrazone groups is 1. The van der Waals surface area contributed by atoms with Crippen molar-refractivity contribution in [3.05, 3.63) is 101 Å². The summed E-state index contributed by atoms with van der Waals surface area (Å²) >= 11 is 1.24. The third-order valence-electron chi connectivity index (χ3n) is 5.90. The molecule has 2 aliphatic rings. The zero-order chi connectivity index (χ0) is 24.4. The van der Waals surface area contributed by atoms with Crippen LogP contribution in [0.1, 0.15) is 35.6 Å². The van der Waals surface area contributed by atoms with Crippen molar-refractivity contribution >= 4 is 40.1 Å². The maximum Gasteiger partial charge on any atom is 0.262 e. The zero-order valence-electron chi connectivity index (χ0n) is 19.0. The molecule has 2 unspecified atom stereocenters. The van der Waals surface area contributed by atoms with E-state index >= 15 is 0 Å². The molecule has 176 valence electrons. The molecule has 0 saturated heterocycles. The summed E-state index contributed by atoms with van der Waals surface area (Å²) in [7, 11) is 0. The van der Waals surface area contributed by atoms with Gasteiger partial charge < -0.3 is 5.32 Å². The lowest BCUT2D eigenvalue weighted by molar-refractivity contribution is -0.121. The highest BCUT2D eigenvalue weighted by molar-refractivity contribution is 8.15. The Morgan fingerprint density at radius 3 is 2.49 bits per heavy atom. The number of rotatable bonds is 5. The first-order valence-corrected chi connectivity index (χ1v) is 12.2. The van der Waals surface area contributed by atoms with Gasteiger partial charge >= 0.3 is 0 Å². The maximum atomic E-state index is 13.6. The molecular formula is C27H23FN4O2S. The summed E-state index contributed by atoms with van der Waals surface area (Å²) in [6, 6.07) is 23.3. The predicted octanol–water partition coefficient (Wildman–Crippen LogP) is 5.31. The van der Waals surface area contributed by atoms with Crippen molar-refractivity contribution in [2.45, 2.75) is 31.1 Å². The molecule has 2 aliphatic heterocycles. The third-order valence-corrected chi connectivity index (χ3v) is 7.05. The van der Waals surface area contributed by atoms with Crippen LogP contribution in [0.4, 0.5) is 10.1 Å².